The van der Waals surface area contributed by atoms with Crippen LogP contribution in [0.3, 0.4) is 0 Å². The van der Waals surface area contributed by atoms with Gasteiger partial charge in [0.25, 0.3) is 0 Å². The molecule has 1 heterocycles. The molecular formula is C9H13NO6. The van der Waals surface area contributed by atoms with Gasteiger partial charge in [-0.15, -0.1) is 0 Å². The van der Waals surface area contributed by atoms with Crippen LogP contribution < -0.4 is 5.32 Å². The van der Waals surface area contributed by atoms with Crippen LogP contribution in [0.2, 0.25) is 0 Å². The van der Waals surface area contributed by atoms with Crippen LogP contribution in [0.1, 0.15) is 0 Å². The third kappa shape index (κ3) is 17.7. The molecule has 3 N–H and O–H groups in total. The summed E-state index contributed by atoms with van der Waals surface area (Å²) in [6.07, 6.45) is 1.37. The first-order valence-electron chi connectivity index (χ1n) is 4.05. The van der Waals surface area contributed by atoms with Gasteiger partial charge >= 0.3 is 18.0 Å². The largest absolute Gasteiger partial charge is 0.478 e. The van der Waals surface area contributed by atoms with E-state index in [0.29, 0.717) is 13.2 Å². The summed E-state index contributed by atoms with van der Waals surface area (Å²) < 4.78 is 4.40. The molecule has 0 spiro atoms. The molecule has 16 heavy (non-hydrogen) atoms. The lowest BCUT2D eigenvalue weighted by atomic mass is 10.7. The first-order valence-corrected chi connectivity index (χ1v) is 4.05. The van der Waals surface area contributed by atoms with E-state index in [1.165, 1.54) is 0 Å². The number of alkyl carbamates (subject to hydrolysis) is 1. The van der Waals surface area contributed by atoms with Gasteiger partial charge in [0.2, 0.25) is 0 Å². The van der Waals surface area contributed by atoms with Crippen molar-refractivity contribution in [3.63, 3.8) is 0 Å². The molecule has 0 saturated carbocycles. The van der Waals surface area contributed by atoms with Crippen molar-refractivity contribution in [2.45, 2.75) is 0 Å². The van der Waals surface area contributed by atoms with Crippen LogP contribution in [0.5, 0.6) is 0 Å². The van der Waals surface area contributed by atoms with E-state index in [2.05, 4.69) is 23.2 Å². The summed E-state index contributed by atoms with van der Waals surface area (Å²) in [4.78, 5) is 28.4. The van der Waals surface area contributed by atoms with E-state index in [9.17, 15) is 14.4 Å². The minimum Gasteiger partial charge on any atom is -0.478 e. The molecule has 1 aliphatic rings. The maximum absolute atomic E-state index is 9.91. The van der Waals surface area contributed by atoms with Gasteiger partial charge in [-0.05, 0) is 0 Å². The minimum atomic E-state index is -0.981. The van der Waals surface area contributed by atoms with E-state index in [1.54, 1.807) is 0 Å². The second kappa shape index (κ2) is 10.8. The maximum atomic E-state index is 9.91. The molecule has 0 bridgehead atoms. The van der Waals surface area contributed by atoms with Gasteiger partial charge in [0.1, 0.15) is 6.61 Å². The zero-order valence-corrected chi connectivity index (χ0v) is 8.51. The van der Waals surface area contributed by atoms with E-state index < -0.39 is 11.9 Å². The van der Waals surface area contributed by atoms with E-state index in [4.69, 9.17) is 10.2 Å². The second-order valence-electron chi connectivity index (χ2n) is 2.15. The molecule has 0 aromatic rings. The van der Waals surface area contributed by atoms with Gasteiger partial charge in [0.15, 0.2) is 0 Å². The summed E-state index contributed by atoms with van der Waals surface area (Å²) in [5.41, 5.74) is 0. The molecule has 1 rings (SSSR count). The van der Waals surface area contributed by atoms with Crippen molar-refractivity contribution >= 4 is 18.0 Å². The number of carbonyl (C=O) groups excluding carboxylic acids is 1. The molecule has 1 aliphatic heterocycles. The van der Waals surface area contributed by atoms with Crippen molar-refractivity contribution in [3.05, 3.63) is 25.3 Å². The number of hydrogen-bond donors (Lipinski definition) is 3. The number of aliphatic carboxylic acids is 2. The first-order chi connectivity index (χ1) is 7.43. The van der Waals surface area contributed by atoms with Crippen LogP contribution in [0.25, 0.3) is 0 Å². The summed E-state index contributed by atoms with van der Waals surface area (Å²) in [7, 11) is 0. The molecule has 7 heteroatoms. The summed E-state index contributed by atoms with van der Waals surface area (Å²) in [5.74, 6) is -1.96. The number of rotatable bonds is 2. The average molecular weight is 231 g/mol. The number of amides is 1. The van der Waals surface area contributed by atoms with Crippen LogP contribution in [0, 0.1) is 0 Å². The highest BCUT2D eigenvalue weighted by atomic mass is 16.6. The molecular weight excluding hydrogens is 218 g/mol. The van der Waals surface area contributed by atoms with Crippen LogP contribution in [0.4, 0.5) is 4.79 Å². The standard InChI is InChI=1S/C3H5NO2.2C3H4O2/c5-3-4-1-2-6-3;2*1-2-3(4)5/h1-2H2,(H,4,5);2*2H,1H2,(H,4,5). The first kappa shape index (κ1) is 16.1. The van der Waals surface area contributed by atoms with Gasteiger partial charge in [-0.25, -0.2) is 14.4 Å². The van der Waals surface area contributed by atoms with Crippen LogP contribution in [-0.2, 0) is 14.3 Å². The van der Waals surface area contributed by atoms with Gasteiger partial charge in [-0.2, -0.15) is 0 Å². The predicted molar refractivity (Wildman–Crippen MR) is 55.0 cm³/mol. The van der Waals surface area contributed by atoms with Gasteiger partial charge in [-0.1, -0.05) is 13.2 Å². The Morgan fingerprint density at radius 1 is 1.25 bits per heavy atom. The molecule has 0 atom stereocenters. The van der Waals surface area contributed by atoms with Gasteiger partial charge < -0.3 is 20.3 Å². The minimum absolute atomic E-state index is 0.296. The van der Waals surface area contributed by atoms with Crippen molar-refractivity contribution in [3.8, 4) is 0 Å². The Hall–Kier alpha value is -2.31. The lowest BCUT2D eigenvalue weighted by molar-refractivity contribution is -0.132. The second-order valence-corrected chi connectivity index (χ2v) is 2.15. The number of carboxylic acids is 2. The summed E-state index contributed by atoms with van der Waals surface area (Å²) in [5, 5.41) is 17.7. The Morgan fingerprint density at radius 2 is 1.62 bits per heavy atom. The van der Waals surface area contributed by atoms with E-state index in [0.717, 1.165) is 12.2 Å². The molecule has 0 aliphatic carbocycles. The van der Waals surface area contributed by atoms with Crippen molar-refractivity contribution in [2.24, 2.45) is 0 Å². The summed E-state index contributed by atoms with van der Waals surface area (Å²) >= 11 is 0. The fraction of sp³-hybridized carbons (Fsp3) is 0.222. The van der Waals surface area contributed by atoms with Gasteiger partial charge in [-0.3, -0.25) is 0 Å². The zero-order valence-electron chi connectivity index (χ0n) is 8.51. The van der Waals surface area contributed by atoms with Gasteiger partial charge in [0.05, 0.1) is 6.54 Å². The maximum Gasteiger partial charge on any atom is 0.407 e. The normalized spacial score (nSPS) is 11.4. The average Bonchev–Trinajstić information content (AvgIpc) is 2.71. The Morgan fingerprint density at radius 3 is 1.69 bits per heavy atom. The van der Waals surface area contributed by atoms with Crippen LogP contribution in [0.15, 0.2) is 25.3 Å². The highest BCUT2D eigenvalue weighted by molar-refractivity contribution is 5.79. The molecule has 1 amide bonds. The third-order valence-electron chi connectivity index (χ3n) is 0.954. The fourth-order valence-corrected chi connectivity index (χ4v) is 0.348. The monoisotopic (exact) mass is 231 g/mol. The molecule has 90 valence electrons. The molecule has 0 aromatic carbocycles. The highest BCUT2D eigenvalue weighted by Crippen LogP contribution is 1.82. The Kier molecular flexibility index (Phi) is 10.9. The molecule has 0 radical (unpaired) electrons. The molecule has 1 fully saturated rings. The van der Waals surface area contributed by atoms with Crippen LogP contribution in [-0.4, -0.2) is 41.4 Å². The Bertz CT molecular complexity index is 247. The van der Waals surface area contributed by atoms with Crippen molar-refractivity contribution in [1.29, 1.82) is 0 Å². The fourth-order valence-electron chi connectivity index (χ4n) is 0.348. The van der Waals surface area contributed by atoms with Gasteiger partial charge in [0, 0.05) is 12.2 Å². The van der Waals surface area contributed by atoms with Crippen molar-refractivity contribution in [1.82, 2.24) is 5.32 Å². The quantitative estimate of drug-likeness (QED) is 0.587. The van der Waals surface area contributed by atoms with E-state index >= 15 is 0 Å². The number of carboxylic acid groups (broad SMARTS) is 2. The molecule has 0 unspecified atom stereocenters. The number of hydrogen-bond acceptors (Lipinski definition) is 4. The smallest absolute Gasteiger partial charge is 0.407 e. The van der Waals surface area contributed by atoms with Crippen LogP contribution >= 0.6 is 0 Å². The molecule has 1 saturated heterocycles. The molecule has 0 aromatic heterocycles. The summed E-state index contributed by atoms with van der Waals surface area (Å²) in [6.45, 7) is 7.11. The lowest BCUT2D eigenvalue weighted by Crippen LogP contribution is -2.11. The van der Waals surface area contributed by atoms with Crippen molar-refractivity contribution in [2.75, 3.05) is 13.2 Å². The third-order valence-corrected chi connectivity index (χ3v) is 0.954. The topological polar surface area (TPSA) is 113 Å². The predicted octanol–water partition coefficient (Wildman–Crippen LogP) is 0.240. The Balaban J connectivity index is 0. The Labute approximate surface area is 92.0 Å². The summed E-state index contributed by atoms with van der Waals surface area (Å²) in [6, 6.07) is 0. The number of nitrogens with one attached hydrogen (secondary N) is 1. The highest BCUT2D eigenvalue weighted by Gasteiger charge is 2.06. The number of ether oxygens (including phenoxy) is 1. The SMILES string of the molecule is C=CC(=O)O.C=CC(=O)O.O=C1NCCO1. The molecule has 7 nitrogen and oxygen atoms in total. The lowest BCUT2D eigenvalue weighted by Gasteiger charge is -1.80. The zero-order chi connectivity index (χ0) is 13.0. The van der Waals surface area contributed by atoms with E-state index in [-0.39, 0.29) is 6.09 Å². The number of carbonyl (C=O) groups is 3. The van der Waals surface area contributed by atoms with E-state index in [1.807, 2.05) is 0 Å². The van der Waals surface area contributed by atoms with Crippen molar-refractivity contribution < 1.29 is 29.3 Å². The number of cyclic esters (lactones) is 1.